The van der Waals surface area contributed by atoms with E-state index in [9.17, 15) is 31.1 Å². The van der Waals surface area contributed by atoms with Crippen LogP contribution in [0, 0.1) is 5.82 Å². The fraction of sp³-hybridized carbons (Fsp3) is 0.364. The summed E-state index contributed by atoms with van der Waals surface area (Å²) in [6.07, 6.45) is -6.02. The topological polar surface area (TPSA) is 37.3 Å². The third-order valence-electron chi connectivity index (χ3n) is 3.12. The van der Waals surface area contributed by atoms with E-state index >= 15 is 0 Å². The molecule has 104 valence electrons. The van der Waals surface area contributed by atoms with Crippen molar-refractivity contribution in [2.75, 3.05) is 0 Å². The monoisotopic (exact) mass is 284 g/mol. The Morgan fingerprint density at radius 1 is 1.26 bits per heavy atom. The highest BCUT2D eigenvalue weighted by Gasteiger charge is 2.77. The fourth-order valence-electron chi connectivity index (χ4n) is 1.97. The van der Waals surface area contributed by atoms with Crippen LogP contribution >= 0.6 is 0 Å². The highest BCUT2D eigenvalue weighted by molar-refractivity contribution is 5.87. The van der Waals surface area contributed by atoms with Crippen LogP contribution in [0.5, 0.6) is 0 Å². The van der Waals surface area contributed by atoms with Crippen molar-refractivity contribution in [1.29, 1.82) is 0 Å². The lowest BCUT2D eigenvalue weighted by Gasteiger charge is -2.14. The number of carboxylic acid groups (broad SMARTS) is 1. The smallest absolute Gasteiger partial charge is 0.419 e. The molecule has 8 heteroatoms. The summed E-state index contributed by atoms with van der Waals surface area (Å²) in [7, 11) is 0. The molecule has 1 aromatic carbocycles. The van der Waals surface area contributed by atoms with E-state index in [1.54, 1.807) is 0 Å². The van der Waals surface area contributed by atoms with Crippen molar-refractivity contribution >= 4 is 5.97 Å². The number of carboxylic acids is 1. The minimum atomic E-state index is -4.97. The van der Waals surface area contributed by atoms with Gasteiger partial charge in [-0.05, 0) is 17.7 Å². The van der Waals surface area contributed by atoms with Crippen LogP contribution in [0.3, 0.4) is 0 Å². The Morgan fingerprint density at radius 3 is 2.11 bits per heavy atom. The van der Waals surface area contributed by atoms with Gasteiger partial charge in [0.05, 0.1) is 5.56 Å². The number of benzene rings is 1. The van der Waals surface area contributed by atoms with Crippen molar-refractivity contribution in [2.45, 2.75) is 23.9 Å². The Balaban J connectivity index is 2.50. The van der Waals surface area contributed by atoms with E-state index in [4.69, 9.17) is 5.11 Å². The van der Waals surface area contributed by atoms with Gasteiger partial charge in [0.2, 0.25) is 0 Å². The van der Waals surface area contributed by atoms with E-state index in [-0.39, 0.29) is 12.1 Å². The summed E-state index contributed by atoms with van der Waals surface area (Å²) >= 11 is 0. The van der Waals surface area contributed by atoms with Crippen LogP contribution in [0.1, 0.15) is 17.5 Å². The van der Waals surface area contributed by atoms with Gasteiger partial charge in [-0.3, -0.25) is 4.79 Å². The summed E-state index contributed by atoms with van der Waals surface area (Å²) in [6.45, 7) is 0. The predicted molar refractivity (Wildman–Crippen MR) is 50.3 cm³/mol. The molecule has 0 heterocycles. The number of halogens is 6. The lowest BCUT2D eigenvalue weighted by Crippen LogP contribution is -2.27. The van der Waals surface area contributed by atoms with Crippen LogP contribution in [0.25, 0.3) is 0 Å². The second-order valence-electron chi connectivity index (χ2n) is 4.28. The molecule has 1 fully saturated rings. The molecule has 1 aromatic rings. The Morgan fingerprint density at radius 2 is 1.79 bits per heavy atom. The molecule has 1 aliphatic carbocycles. The maximum atomic E-state index is 13.3. The van der Waals surface area contributed by atoms with Crippen molar-refractivity contribution in [3.05, 3.63) is 35.1 Å². The van der Waals surface area contributed by atoms with Crippen molar-refractivity contribution in [3.63, 3.8) is 0 Å². The quantitative estimate of drug-likeness (QED) is 0.847. The standard InChI is InChI=1S/C11H6F6O2/c12-7-3-5(1-2-6(7)11(15,16)17)9(8(18)19)4-10(9,13)14/h1-3H,4H2,(H,18,19). The first-order valence-electron chi connectivity index (χ1n) is 5.01. The second kappa shape index (κ2) is 3.64. The lowest BCUT2D eigenvalue weighted by molar-refractivity contribution is -0.143. The zero-order chi connectivity index (χ0) is 14.6. The fourth-order valence-corrected chi connectivity index (χ4v) is 1.97. The Labute approximate surface area is 102 Å². The second-order valence-corrected chi connectivity index (χ2v) is 4.28. The molecule has 1 saturated carbocycles. The molecular formula is C11H6F6O2. The van der Waals surface area contributed by atoms with Crippen LogP contribution in [0.15, 0.2) is 18.2 Å². The number of carbonyl (C=O) groups is 1. The first-order valence-corrected chi connectivity index (χ1v) is 5.01. The zero-order valence-corrected chi connectivity index (χ0v) is 9.06. The van der Waals surface area contributed by atoms with Crippen LogP contribution < -0.4 is 0 Å². The third-order valence-corrected chi connectivity index (χ3v) is 3.12. The molecule has 0 aromatic heterocycles. The van der Waals surface area contributed by atoms with Crippen molar-refractivity contribution in [3.8, 4) is 0 Å². The van der Waals surface area contributed by atoms with E-state index in [0.717, 1.165) is 0 Å². The lowest BCUT2D eigenvalue weighted by atomic mass is 9.94. The molecule has 0 spiro atoms. The van der Waals surface area contributed by atoms with Crippen LogP contribution in [0.2, 0.25) is 0 Å². The van der Waals surface area contributed by atoms with Gasteiger partial charge in [-0.15, -0.1) is 0 Å². The summed E-state index contributed by atoms with van der Waals surface area (Å²) in [5, 5.41) is 8.79. The molecule has 2 rings (SSSR count). The number of rotatable bonds is 2. The van der Waals surface area contributed by atoms with E-state index in [2.05, 4.69) is 0 Å². The summed E-state index contributed by atoms with van der Waals surface area (Å²) in [4.78, 5) is 10.9. The maximum Gasteiger partial charge on any atom is 0.419 e. The van der Waals surface area contributed by atoms with Gasteiger partial charge < -0.3 is 5.11 Å². The van der Waals surface area contributed by atoms with E-state index in [1.165, 1.54) is 0 Å². The normalized spacial score (nSPS) is 25.2. The van der Waals surface area contributed by atoms with Crippen LogP contribution in [-0.4, -0.2) is 17.0 Å². The highest BCUT2D eigenvalue weighted by atomic mass is 19.4. The zero-order valence-electron chi connectivity index (χ0n) is 9.06. The van der Waals surface area contributed by atoms with E-state index in [0.29, 0.717) is 6.07 Å². The SMILES string of the molecule is O=C(O)C1(c2ccc(C(F)(F)F)c(F)c2)CC1(F)F. The summed E-state index contributed by atoms with van der Waals surface area (Å²) in [5.74, 6) is -7.25. The summed E-state index contributed by atoms with van der Waals surface area (Å²) in [5.41, 5.74) is -4.92. The van der Waals surface area contributed by atoms with E-state index in [1.807, 2.05) is 0 Å². The van der Waals surface area contributed by atoms with Gasteiger partial charge in [0, 0.05) is 6.42 Å². The molecule has 19 heavy (non-hydrogen) atoms. The third kappa shape index (κ3) is 1.85. The molecule has 0 aliphatic heterocycles. The summed E-state index contributed by atoms with van der Waals surface area (Å²) < 4.78 is 76.4. The first kappa shape index (κ1) is 13.7. The molecule has 1 N–H and O–H groups in total. The molecular weight excluding hydrogens is 278 g/mol. The summed E-state index contributed by atoms with van der Waals surface area (Å²) in [6, 6.07) is 1.04. The van der Waals surface area contributed by atoms with Gasteiger partial charge in [0.1, 0.15) is 5.82 Å². The van der Waals surface area contributed by atoms with Gasteiger partial charge in [-0.25, -0.2) is 13.2 Å². The molecule has 0 bridgehead atoms. The molecule has 0 radical (unpaired) electrons. The Kier molecular flexibility index (Phi) is 2.63. The largest absolute Gasteiger partial charge is 0.480 e. The average molecular weight is 284 g/mol. The van der Waals surface area contributed by atoms with E-state index < -0.39 is 46.8 Å². The Bertz CT molecular complexity index is 551. The number of aliphatic carboxylic acids is 1. The van der Waals surface area contributed by atoms with Crippen molar-refractivity contribution < 1.29 is 36.2 Å². The average Bonchev–Trinajstić information content (AvgIpc) is 2.81. The van der Waals surface area contributed by atoms with Crippen molar-refractivity contribution in [1.82, 2.24) is 0 Å². The molecule has 1 atom stereocenters. The number of hydrogen-bond donors (Lipinski definition) is 1. The van der Waals surface area contributed by atoms with Crippen LogP contribution in [-0.2, 0) is 16.4 Å². The van der Waals surface area contributed by atoms with Crippen LogP contribution in [0.4, 0.5) is 26.3 Å². The molecule has 1 aliphatic rings. The minimum Gasteiger partial charge on any atom is -0.480 e. The Hall–Kier alpha value is -1.73. The first-order chi connectivity index (χ1) is 8.52. The predicted octanol–water partition coefficient (Wildman–Crippen LogP) is 3.21. The van der Waals surface area contributed by atoms with Gasteiger partial charge in [0.25, 0.3) is 5.92 Å². The molecule has 1 unspecified atom stereocenters. The molecule has 0 saturated heterocycles. The van der Waals surface area contributed by atoms with Gasteiger partial charge in [-0.1, -0.05) is 6.07 Å². The molecule has 0 amide bonds. The minimum absolute atomic E-state index is 0.206. The van der Waals surface area contributed by atoms with Gasteiger partial charge >= 0.3 is 12.1 Å². The molecule has 2 nitrogen and oxygen atoms in total. The van der Waals surface area contributed by atoms with Gasteiger partial charge in [0.15, 0.2) is 5.41 Å². The van der Waals surface area contributed by atoms with Crippen molar-refractivity contribution in [2.24, 2.45) is 0 Å². The number of alkyl halides is 5. The van der Waals surface area contributed by atoms with Gasteiger partial charge in [-0.2, -0.15) is 13.2 Å². The maximum absolute atomic E-state index is 13.3. The highest BCUT2D eigenvalue weighted by Crippen LogP contribution is 2.61. The number of hydrogen-bond acceptors (Lipinski definition) is 1.